The minimum atomic E-state index is -0.133. The van der Waals surface area contributed by atoms with Gasteiger partial charge in [-0.1, -0.05) is 47.5 Å². The average Bonchev–Trinajstić information content (AvgIpc) is 2.99. The maximum Gasteiger partial charge on any atom is 0.230 e. The molecule has 6 heteroatoms. The lowest BCUT2D eigenvalue weighted by atomic mass is 10.2. The van der Waals surface area contributed by atoms with E-state index in [1.165, 1.54) is 11.3 Å². The van der Waals surface area contributed by atoms with E-state index in [2.05, 4.69) is 10.3 Å². The number of thiazole rings is 1. The predicted molar refractivity (Wildman–Crippen MR) is 101 cm³/mol. The van der Waals surface area contributed by atoms with Crippen molar-refractivity contribution in [2.45, 2.75) is 13.3 Å². The molecule has 1 N–H and O–H groups in total. The summed E-state index contributed by atoms with van der Waals surface area (Å²) in [5.41, 5.74) is 3.24. The molecule has 3 aromatic rings. The fourth-order valence-corrected chi connectivity index (χ4v) is 3.51. The molecule has 0 fully saturated rings. The summed E-state index contributed by atoms with van der Waals surface area (Å²) in [6.45, 7) is 1.92. The van der Waals surface area contributed by atoms with Crippen molar-refractivity contribution in [2.75, 3.05) is 5.32 Å². The number of halogens is 2. The van der Waals surface area contributed by atoms with Gasteiger partial charge in [-0.05, 0) is 30.7 Å². The van der Waals surface area contributed by atoms with Crippen LogP contribution in [-0.4, -0.2) is 10.9 Å². The first kappa shape index (κ1) is 17.0. The number of hydrogen-bond donors (Lipinski definition) is 1. The summed E-state index contributed by atoms with van der Waals surface area (Å²) in [5.74, 6) is -0.133. The summed E-state index contributed by atoms with van der Waals surface area (Å²) >= 11 is 13.7. The SMILES string of the molecule is Cc1ccc(NC(=O)Cc2csc(-c3ccccc3Cl)n2)cc1Cl. The minimum absolute atomic E-state index is 0.133. The van der Waals surface area contributed by atoms with Crippen molar-refractivity contribution in [2.24, 2.45) is 0 Å². The van der Waals surface area contributed by atoms with E-state index in [0.29, 0.717) is 21.4 Å². The number of nitrogens with one attached hydrogen (secondary N) is 1. The number of aryl methyl sites for hydroxylation is 1. The zero-order valence-electron chi connectivity index (χ0n) is 12.8. The van der Waals surface area contributed by atoms with Crippen molar-refractivity contribution < 1.29 is 4.79 Å². The number of rotatable bonds is 4. The molecule has 2 aromatic carbocycles. The highest BCUT2D eigenvalue weighted by atomic mass is 35.5. The van der Waals surface area contributed by atoms with Crippen LogP contribution in [0.4, 0.5) is 5.69 Å². The zero-order valence-corrected chi connectivity index (χ0v) is 15.2. The van der Waals surface area contributed by atoms with E-state index in [1.54, 1.807) is 6.07 Å². The first-order valence-electron chi connectivity index (χ1n) is 7.28. The highest BCUT2D eigenvalue weighted by Gasteiger charge is 2.11. The second kappa shape index (κ2) is 7.34. The molecular formula is C18H14Cl2N2OS. The summed E-state index contributed by atoms with van der Waals surface area (Å²) in [4.78, 5) is 16.7. The Labute approximate surface area is 154 Å². The van der Waals surface area contributed by atoms with E-state index in [4.69, 9.17) is 23.2 Å². The van der Waals surface area contributed by atoms with Crippen LogP contribution in [-0.2, 0) is 11.2 Å². The van der Waals surface area contributed by atoms with Crippen LogP contribution in [0.2, 0.25) is 10.0 Å². The third-order valence-corrected chi connectivity index (χ3v) is 5.11. The predicted octanol–water partition coefficient (Wildman–Crippen LogP) is 5.61. The van der Waals surface area contributed by atoms with Crippen molar-refractivity contribution in [1.29, 1.82) is 0 Å². The molecule has 0 atom stereocenters. The van der Waals surface area contributed by atoms with Crippen LogP contribution in [0.1, 0.15) is 11.3 Å². The van der Waals surface area contributed by atoms with E-state index in [-0.39, 0.29) is 12.3 Å². The molecule has 122 valence electrons. The van der Waals surface area contributed by atoms with Gasteiger partial charge in [-0.25, -0.2) is 4.98 Å². The van der Waals surface area contributed by atoms with Crippen LogP contribution < -0.4 is 5.32 Å². The van der Waals surface area contributed by atoms with E-state index >= 15 is 0 Å². The zero-order chi connectivity index (χ0) is 17.1. The maximum atomic E-state index is 12.2. The number of nitrogens with zero attached hydrogens (tertiary/aromatic N) is 1. The molecule has 3 rings (SSSR count). The monoisotopic (exact) mass is 376 g/mol. The van der Waals surface area contributed by atoms with Crippen molar-refractivity contribution in [1.82, 2.24) is 4.98 Å². The average molecular weight is 377 g/mol. The highest BCUT2D eigenvalue weighted by molar-refractivity contribution is 7.13. The molecule has 0 radical (unpaired) electrons. The topological polar surface area (TPSA) is 42.0 Å². The maximum absolute atomic E-state index is 12.2. The van der Waals surface area contributed by atoms with Gasteiger partial charge in [0.05, 0.1) is 17.1 Å². The molecule has 0 unspecified atom stereocenters. The van der Waals surface area contributed by atoms with Gasteiger partial charge in [0.25, 0.3) is 0 Å². The summed E-state index contributed by atoms with van der Waals surface area (Å²) in [5, 5.41) is 6.79. The Hall–Kier alpha value is -1.88. The van der Waals surface area contributed by atoms with Gasteiger partial charge >= 0.3 is 0 Å². The largest absolute Gasteiger partial charge is 0.326 e. The quantitative estimate of drug-likeness (QED) is 0.642. The number of anilines is 1. The molecule has 0 spiro atoms. The van der Waals surface area contributed by atoms with Gasteiger partial charge in [0.15, 0.2) is 0 Å². The fraction of sp³-hybridized carbons (Fsp3) is 0.111. The van der Waals surface area contributed by atoms with Gasteiger partial charge in [-0.3, -0.25) is 4.79 Å². The fourth-order valence-electron chi connectivity index (χ4n) is 2.19. The molecule has 0 aliphatic heterocycles. The third kappa shape index (κ3) is 3.96. The van der Waals surface area contributed by atoms with Gasteiger partial charge < -0.3 is 5.32 Å². The molecular weight excluding hydrogens is 363 g/mol. The van der Waals surface area contributed by atoms with Crippen molar-refractivity contribution >= 4 is 46.1 Å². The lowest BCUT2D eigenvalue weighted by molar-refractivity contribution is -0.115. The Kier molecular flexibility index (Phi) is 5.19. The summed E-state index contributed by atoms with van der Waals surface area (Å²) in [6, 6.07) is 13.0. The van der Waals surface area contributed by atoms with Gasteiger partial charge in [-0.15, -0.1) is 11.3 Å². The Morgan fingerprint density at radius 1 is 1.17 bits per heavy atom. The standard InChI is InChI=1S/C18H14Cl2N2OS/c1-11-6-7-12(8-16(11)20)21-17(23)9-13-10-24-18(22-13)14-4-2-3-5-15(14)19/h2-8,10H,9H2,1H3,(H,21,23). The first-order valence-corrected chi connectivity index (χ1v) is 8.92. The molecule has 3 nitrogen and oxygen atoms in total. The molecule has 24 heavy (non-hydrogen) atoms. The van der Waals surface area contributed by atoms with Crippen LogP contribution in [0.3, 0.4) is 0 Å². The van der Waals surface area contributed by atoms with Crippen LogP contribution in [0, 0.1) is 6.92 Å². The number of amides is 1. The van der Waals surface area contributed by atoms with Gasteiger partial charge in [0.2, 0.25) is 5.91 Å². The van der Waals surface area contributed by atoms with Crippen molar-refractivity contribution in [3.63, 3.8) is 0 Å². The molecule has 0 saturated carbocycles. The lowest BCUT2D eigenvalue weighted by Crippen LogP contribution is -2.14. The molecule has 0 aliphatic rings. The first-order chi connectivity index (χ1) is 11.5. The van der Waals surface area contributed by atoms with Crippen LogP contribution in [0.25, 0.3) is 10.6 Å². The van der Waals surface area contributed by atoms with Gasteiger partial charge in [-0.2, -0.15) is 0 Å². The van der Waals surface area contributed by atoms with Crippen molar-refractivity contribution in [3.8, 4) is 10.6 Å². The number of aromatic nitrogens is 1. The third-order valence-electron chi connectivity index (χ3n) is 3.45. The number of carbonyl (C=O) groups excluding carboxylic acids is 1. The Morgan fingerprint density at radius 2 is 1.96 bits per heavy atom. The molecule has 1 heterocycles. The van der Waals surface area contributed by atoms with Gasteiger partial charge in [0, 0.05) is 21.7 Å². The highest BCUT2D eigenvalue weighted by Crippen LogP contribution is 2.30. The second-order valence-corrected chi connectivity index (χ2v) is 6.99. The lowest BCUT2D eigenvalue weighted by Gasteiger charge is -2.06. The van der Waals surface area contributed by atoms with Crippen LogP contribution in [0.15, 0.2) is 47.8 Å². The van der Waals surface area contributed by atoms with Crippen LogP contribution >= 0.6 is 34.5 Å². The van der Waals surface area contributed by atoms with E-state index in [0.717, 1.165) is 16.1 Å². The molecule has 0 saturated heterocycles. The number of carbonyl (C=O) groups is 1. The van der Waals surface area contributed by atoms with E-state index in [1.807, 2.05) is 48.7 Å². The smallest absolute Gasteiger partial charge is 0.230 e. The number of benzene rings is 2. The molecule has 1 amide bonds. The van der Waals surface area contributed by atoms with Crippen LogP contribution in [0.5, 0.6) is 0 Å². The Bertz CT molecular complexity index is 892. The Balaban J connectivity index is 1.69. The van der Waals surface area contributed by atoms with Crippen molar-refractivity contribution in [3.05, 3.63) is 69.1 Å². The normalized spacial score (nSPS) is 10.6. The summed E-state index contributed by atoms with van der Waals surface area (Å²) in [7, 11) is 0. The molecule has 1 aromatic heterocycles. The van der Waals surface area contributed by atoms with Gasteiger partial charge in [0.1, 0.15) is 5.01 Å². The molecule has 0 bridgehead atoms. The van der Waals surface area contributed by atoms with E-state index < -0.39 is 0 Å². The Morgan fingerprint density at radius 3 is 2.71 bits per heavy atom. The summed E-state index contributed by atoms with van der Waals surface area (Å²) < 4.78 is 0. The summed E-state index contributed by atoms with van der Waals surface area (Å²) in [6.07, 6.45) is 0.201. The molecule has 0 aliphatic carbocycles. The number of hydrogen-bond acceptors (Lipinski definition) is 3. The van der Waals surface area contributed by atoms with E-state index in [9.17, 15) is 4.79 Å². The minimum Gasteiger partial charge on any atom is -0.326 e. The second-order valence-electron chi connectivity index (χ2n) is 5.31.